The Balaban J connectivity index is 1.71. The largest absolute Gasteiger partial charge is 0.314 e. The maximum Gasteiger partial charge on any atom is 0.00772 e. The van der Waals surface area contributed by atoms with Crippen LogP contribution in [0, 0.1) is 22.7 Å². The summed E-state index contributed by atoms with van der Waals surface area (Å²) in [7, 11) is 0. The Morgan fingerprint density at radius 2 is 1.45 bits per heavy atom. The molecule has 0 atom stereocenters. The second-order valence-electron chi connectivity index (χ2n) is 9.48. The molecule has 2 aliphatic carbocycles. The number of hydrogen-bond acceptors (Lipinski definition) is 1. The van der Waals surface area contributed by atoms with Crippen molar-refractivity contribution in [2.24, 2.45) is 22.7 Å². The van der Waals surface area contributed by atoms with Crippen molar-refractivity contribution < 1.29 is 0 Å². The van der Waals surface area contributed by atoms with Crippen molar-refractivity contribution >= 4 is 0 Å². The van der Waals surface area contributed by atoms with E-state index in [2.05, 4.69) is 39.9 Å². The van der Waals surface area contributed by atoms with Gasteiger partial charge in [0.05, 0.1) is 0 Å². The summed E-state index contributed by atoms with van der Waals surface area (Å²) in [6, 6.07) is 0.747. The molecular formula is C19H37N. The SMILES string of the molecule is CC1CCC(CCNC2CC(C)(C)CC(C)(C)C2)CC1. The van der Waals surface area contributed by atoms with Gasteiger partial charge < -0.3 is 5.32 Å². The summed E-state index contributed by atoms with van der Waals surface area (Å²) < 4.78 is 0. The van der Waals surface area contributed by atoms with E-state index in [0.717, 1.165) is 17.9 Å². The van der Waals surface area contributed by atoms with Gasteiger partial charge in [0.1, 0.15) is 0 Å². The van der Waals surface area contributed by atoms with Crippen molar-refractivity contribution in [2.45, 2.75) is 92.0 Å². The summed E-state index contributed by atoms with van der Waals surface area (Å²) >= 11 is 0. The Kier molecular flexibility index (Phi) is 5.21. The predicted molar refractivity (Wildman–Crippen MR) is 88.9 cm³/mol. The lowest BCUT2D eigenvalue weighted by Crippen LogP contribution is -2.44. The minimum Gasteiger partial charge on any atom is -0.314 e. The van der Waals surface area contributed by atoms with Gasteiger partial charge in [-0.05, 0) is 54.9 Å². The van der Waals surface area contributed by atoms with Crippen molar-refractivity contribution in [2.75, 3.05) is 6.54 Å². The molecule has 2 aliphatic rings. The average Bonchev–Trinajstić information content (AvgIpc) is 2.27. The zero-order chi connectivity index (χ0) is 14.8. The van der Waals surface area contributed by atoms with Gasteiger partial charge in [-0.1, -0.05) is 60.3 Å². The van der Waals surface area contributed by atoms with Gasteiger partial charge in [-0.3, -0.25) is 0 Å². The van der Waals surface area contributed by atoms with Gasteiger partial charge in [0.25, 0.3) is 0 Å². The van der Waals surface area contributed by atoms with E-state index in [-0.39, 0.29) is 0 Å². The van der Waals surface area contributed by atoms with Crippen molar-refractivity contribution in [3.8, 4) is 0 Å². The second kappa shape index (κ2) is 6.38. The molecule has 0 bridgehead atoms. The van der Waals surface area contributed by atoms with Crippen LogP contribution >= 0.6 is 0 Å². The summed E-state index contributed by atoms with van der Waals surface area (Å²) in [6.07, 6.45) is 11.4. The Morgan fingerprint density at radius 3 is 2.00 bits per heavy atom. The Bertz CT molecular complexity index is 281. The first-order valence-corrected chi connectivity index (χ1v) is 8.99. The zero-order valence-electron chi connectivity index (χ0n) is 14.6. The third-order valence-electron chi connectivity index (χ3n) is 5.68. The van der Waals surface area contributed by atoms with Crippen molar-refractivity contribution in [3.05, 3.63) is 0 Å². The van der Waals surface area contributed by atoms with Crippen LogP contribution in [0.4, 0.5) is 0 Å². The first kappa shape index (κ1) is 16.3. The van der Waals surface area contributed by atoms with Gasteiger partial charge in [0.2, 0.25) is 0 Å². The molecule has 0 aromatic rings. The Morgan fingerprint density at radius 1 is 0.900 bits per heavy atom. The molecule has 0 saturated heterocycles. The van der Waals surface area contributed by atoms with Crippen LogP contribution < -0.4 is 5.32 Å². The van der Waals surface area contributed by atoms with Crippen LogP contribution in [0.25, 0.3) is 0 Å². The smallest absolute Gasteiger partial charge is 0.00772 e. The maximum absolute atomic E-state index is 3.89. The summed E-state index contributed by atoms with van der Waals surface area (Å²) in [6.45, 7) is 13.5. The van der Waals surface area contributed by atoms with Gasteiger partial charge in [-0.2, -0.15) is 0 Å². The third-order valence-corrected chi connectivity index (χ3v) is 5.68. The van der Waals surface area contributed by atoms with Crippen LogP contribution in [0.5, 0.6) is 0 Å². The average molecular weight is 280 g/mol. The highest BCUT2D eigenvalue weighted by atomic mass is 14.9. The molecule has 2 rings (SSSR count). The maximum atomic E-state index is 3.89. The number of rotatable bonds is 4. The topological polar surface area (TPSA) is 12.0 Å². The molecular weight excluding hydrogens is 242 g/mol. The Hall–Kier alpha value is -0.0400. The van der Waals surface area contributed by atoms with E-state index >= 15 is 0 Å². The standard InChI is InChI=1S/C19H37N/c1-15-6-8-16(9-7-15)10-11-20-17-12-18(2,3)14-19(4,5)13-17/h15-17,20H,6-14H2,1-5H3. The summed E-state index contributed by atoms with van der Waals surface area (Å²) in [5, 5.41) is 3.89. The highest BCUT2D eigenvalue weighted by Crippen LogP contribution is 2.45. The quantitative estimate of drug-likeness (QED) is 0.727. The van der Waals surface area contributed by atoms with Gasteiger partial charge >= 0.3 is 0 Å². The lowest BCUT2D eigenvalue weighted by Gasteiger charge is -2.45. The molecule has 1 N–H and O–H groups in total. The molecule has 1 heteroatoms. The normalized spacial score (nSPS) is 34.0. The molecule has 0 spiro atoms. The summed E-state index contributed by atoms with van der Waals surface area (Å²) in [5.74, 6) is 1.99. The predicted octanol–water partition coefficient (Wildman–Crippen LogP) is 5.40. The number of hydrogen-bond donors (Lipinski definition) is 1. The zero-order valence-corrected chi connectivity index (χ0v) is 14.6. The lowest BCUT2D eigenvalue weighted by atomic mass is 9.63. The van der Waals surface area contributed by atoms with E-state index in [0.29, 0.717) is 10.8 Å². The van der Waals surface area contributed by atoms with Crippen LogP contribution in [0.1, 0.15) is 86.0 Å². The van der Waals surface area contributed by atoms with Crippen molar-refractivity contribution in [1.82, 2.24) is 5.32 Å². The van der Waals surface area contributed by atoms with Gasteiger partial charge in [0.15, 0.2) is 0 Å². The minimum absolute atomic E-state index is 0.514. The van der Waals surface area contributed by atoms with Crippen molar-refractivity contribution in [3.63, 3.8) is 0 Å². The summed E-state index contributed by atoms with van der Waals surface area (Å²) in [4.78, 5) is 0. The van der Waals surface area contributed by atoms with E-state index in [1.165, 1.54) is 57.9 Å². The van der Waals surface area contributed by atoms with E-state index in [9.17, 15) is 0 Å². The van der Waals surface area contributed by atoms with E-state index in [1.807, 2.05) is 0 Å². The first-order chi connectivity index (χ1) is 9.26. The van der Waals surface area contributed by atoms with Gasteiger partial charge in [-0.25, -0.2) is 0 Å². The molecule has 0 unspecified atom stereocenters. The lowest BCUT2D eigenvalue weighted by molar-refractivity contribution is 0.0842. The molecule has 0 aliphatic heterocycles. The van der Waals surface area contributed by atoms with E-state index < -0.39 is 0 Å². The third kappa shape index (κ3) is 5.06. The van der Waals surface area contributed by atoms with E-state index in [1.54, 1.807) is 0 Å². The van der Waals surface area contributed by atoms with Crippen LogP contribution in [-0.4, -0.2) is 12.6 Å². The minimum atomic E-state index is 0.514. The van der Waals surface area contributed by atoms with Gasteiger partial charge in [-0.15, -0.1) is 0 Å². The van der Waals surface area contributed by atoms with Crippen LogP contribution in [0.15, 0.2) is 0 Å². The Labute approximate surface area is 127 Å². The highest BCUT2D eigenvalue weighted by Gasteiger charge is 2.38. The molecule has 20 heavy (non-hydrogen) atoms. The van der Waals surface area contributed by atoms with E-state index in [4.69, 9.17) is 0 Å². The molecule has 0 aromatic carbocycles. The second-order valence-corrected chi connectivity index (χ2v) is 9.48. The highest BCUT2D eigenvalue weighted by molar-refractivity contribution is 4.92. The van der Waals surface area contributed by atoms with Gasteiger partial charge in [0, 0.05) is 6.04 Å². The fourth-order valence-electron chi connectivity index (χ4n) is 5.10. The molecule has 0 heterocycles. The van der Waals surface area contributed by atoms with Crippen molar-refractivity contribution in [1.29, 1.82) is 0 Å². The van der Waals surface area contributed by atoms with Crippen LogP contribution in [0.2, 0.25) is 0 Å². The first-order valence-electron chi connectivity index (χ1n) is 8.99. The number of nitrogens with one attached hydrogen (secondary N) is 1. The molecule has 0 amide bonds. The fraction of sp³-hybridized carbons (Fsp3) is 1.00. The fourth-order valence-corrected chi connectivity index (χ4v) is 5.10. The monoisotopic (exact) mass is 279 g/mol. The molecule has 2 saturated carbocycles. The molecule has 0 aromatic heterocycles. The molecule has 0 radical (unpaired) electrons. The molecule has 1 nitrogen and oxygen atoms in total. The van der Waals surface area contributed by atoms with Crippen LogP contribution in [0.3, 0.4) is 0 Å². The van der Waals surface area contributed by atoms with Crippen LogP contribution in [-0.2, 0) is 0 Å². The molecule has 2 fully saturated rings. The molecule has 118 valence electrons. The summed E-state index contributed by atoms with van der Waals surface area (Å²) in [5.41, 5.74) is 1.03.